The Hall–Kier alpha value is -6.03. The molecular weight excluding hydrogens is 791 g/mol. The Morgan fingerprint density at radius 2 is 1.55 bits per heavy atom. The standard InChI is InChI=1S/C53H51N3O5S/c1-35(40-17-16-37-8-2-3-10-42(37)32-40)41-18-22-45-49(33-41)61-50-34-43(56-31-27-38-9-4-6-12-48(38)56)19-23-46(50)52(45)47-11-5-7-13-51(47)62(59,60)55-29-25-39(26-30-55)53(58)54-28-24-36-14-20-44(57)21-15-36/h2-15,18-23,33-35,39-40H,16-17,24-32H2,1H3,(H-,54,57,58)/p+1. The highest BCUT2D eigenvalue weighted by Crippen LogP contribution is 2.45. The molecule has 0 spiro atoms. The molecule has 1 fully saturated rings. The molecule has 2 unspecified atom stereocenters. The monoisotopic (exact) mass is 842 g/mol. The molecule has 314 valence electrons. The molecule has 10 rings (SSSR count). The van der Waals surface area contributed by atoms with E-state index < -0.39 is 10.0 Å². The van der Waals surface area contributed by atoms with Crippen molar-refractivity contribution in [3.05, 3.63) is 167 Å². The van der Waals surface area contributed by atoms with E-state index in [1.165, 1.54) is 27.9 Å². The van der Waals surface area contributed by atoms with Crippen molar-refractivity contribution < 1.29 is 22.7 Å². The van der Waals surface area contributed by atoms with Crippen LogP contribution in [0.2, 0.25) is 0 Å². The smallest absolute Gasteiger partial charge is 0.243 e. The fourth-order valence-corrected chi connectivity index (χ4v) is 11.9. The molecule has 2 aliphatic carbocycles. The van der Waals surface area contributed by atoms with Crippen LogP contribution >= 0.6 is 0 Å². The molecule has 2 atom stereocenters. The predicted molar refractivity (Wildman–Crippen MR) is 245 cm³/mol. The summed E-state index contributed by atoms with van der Waals surface area (Å²) in [5.41, 5.74) is 10.7. The topological polar surface area (TPSA) is 103 Å². The van der Waals surface area contributed by atoms with Gasteiger partial charge in [0.1, 0.15) is 17.1 Å². The van der Waals surface area contributed by atoms with Gasteiger partial charge in [-0.1, -0.05) is 91.9 Å². The van der Waals surface area contributed by atoms with Crippen LogP contribution in [0.4, 0.5) is 5.69 Å². The number of phenols is 1. The highest BCUT2D eigenvalue weighted by atomic mass is 32.2. The number of amides is 1. The molecule has 1 amide bonds. The first-order valence-corrected chi connectivity index (χ1v) is 23.6. The predicted octanol–water partition coefficient (Wildman–Crippen LogP) is 9.24. The van der Waals surface area contributed by atoms with Crippen molar-refractivity contribution in [2.24, 2.45) is 11.8 Å². The lowest BCUT2D eigenvalue weighted by molar-refractivity contribution is -0.126. The summed E-state index contributed by atoms with van der Waals surface area (Å²) in [6.07, 6.45) is 5.76. The van der Waals surface area contributed by atoms with Crippen LogP contribution in [0.3, 0.4) is 0 Å². The fourth-order valence-electron chi connectivity index (χ4n) is 10.2. The molecule has 3 aliphatic heterocycles. The van der Waals surface area contributed by atoms with Crippen molar-refractivity contribution in [1.29, 1.82) is 0 Å². The molecule has 0 aromatic heterocycles. The highest BCUT2D eigenvalue weighted by Gasteiger charge is 2.35. The average molecular weight is 843 g/mol. The van der Waals surface area contributed by atoms with Crippen molar-refractivity contribution >= 4 is 32.6 Å². The van der Waals surface area contributed by atoms with E-state index in [-0.39, 0.29) is 35.6 Å². The molecule has 3 heterocycles. The maximum absolute atomic E-state index is 14.8. The van der Waals surface area contributed by atoms with Gasteiger partial charge in [-0.25, -0.2) is 8.42 Å². The Morgan fingerprint density at radius 3 is 2.37 bits per heavy atom. The van der Waals surface area contributed by atoms with Gasteiger partial charge in [-0.3, -0.25) is 4.79 Å². The third-order valence-electron chi connectivity index (χ3n) is 13.8. The maximum atomic E-state index is 14.8. The van der Waals surface area contributed by atoms with Crippen molar-refractivity contribution in [2.45, 2.75) is 62.7 Å². The summed E-state index contributed by atoms with van der Waals surface area (Å²) in [5.74, 6) is 1.39. The Labute approximate surface area is 363 Å². The minimum atomic E-state index is -3.96. The number of piperidine rings is 1. The van der Waals surface area contributed by atoms with E-state index in [0.717, 1.165) is 65.2 Å². The van der Waals surface area contributed by atoms with Crippen molar-refractivity contribution in [1.82, 2.24) is 14.2 Å². The summed E-state index contributed by atoms with van der Waals surface area (Å²) >= 11 is 0. The number of fused-ring (bicyclic) bond motifs is 4. The summed E-state index contributed by atoms with van der Waals surface area (Å²) in [4.78, 5) is 13.5. The first-order chi connectivity index (χ1) is 30.2. The number of carbonyl (C=O) groups is 1. The SMILES string of the molecule is CC(c1ccc2c(-c3ccccc3S(=O)(=O)N3CCC(C(=O)NCCc4ccc(O)cc4)CC3)c3ccc(=[N+]4CCc5ccccc54)cc-3oc2c1)C1CCc2ccccc2C1. The van der Waals surface area contributed by atoms with Gasteiger partial charge in [0, 0.05) is 71.7 Å². The van der Waals surface area contributed by atoms with Crippen molar-refractivity contribution in [3.63, 3.8) is 0 Å². The molecule has 5 aromatic carbocycles. The number of para-hydroxylation sites is 1. The molecule has 8 nitrogen and oxygen atoms in total. The molecule has 2 N–H and O–H groups in total. The van der Waals surface area contributed by atoms with Crippen LogP contribution in [-0.2, 0) is 40.5 Å². The average Bonchev–Trinajstić information content (AvgIpc) is 3.75. The zero-order chi connectivity index (χ0) is 42.4. The minimum absolute atomic E-state index is 0.0500. The van der Waals surface area contributed by atoms with Crippen LogP contribution in [0.1, 0.15) is 59.9 Å². The maximum Gasteiger partial charge on any atom is 0.243 e. The summed E-state index contributed by atoms with van der Waals surface area (Å²) in [6.45, 7) is 4.19. The lowest BCUT2D eigenvalue weighted by Crippen LogP contribution is -2.43. The largest absolute Gasteiger partial charge is 0.508 e. The van der Waals surface area contributed by atoms with Gasteiger partial charge < -0.3 is 14.8 Å². The van der Waals surface area contributed by atoms with E-state index in [1.807, 2.05) is 24.3 Å². The molecular formula is C53H52N3O5S+. The molecule has 9 heteroatoms. The second-order valence-corrected chi connectivity index (χ2v) is 19.3. The number of hydrogen-bond donors (Lipinski definition) is 2. The van der Waals surface area contributed by atoms with Gasteiger partial charge in [0.25, 0.3) is 0 Å². The Bertz CT molecular complexity index is 2970. The van der Waals surface area contributed by atoms with E-state index in [0.29, 0.717) is 49.0 Å². The second-order valence-electron chi connectivity index (χ2n) is 17.4. The lowest BCUT2D eigenvalue weighted by Gasteiger charge is -2.31. The second kappa shape index (κ2) is 16.7. The van der Waals surface area contributed by atoms with Gasteiger partial charge in [0.2, 0.25) is 27.0 Å². The van der Waals surface area contributed by atoms with E-state index in [1.54, 1.807) is 28.6 Å². The first-order valence-electron chi connectivity index (χ1n) is 22.1. The van der Waals surface area contributed by atoms with Gasteiger partial charge in [0.05, 0.1) is 11.0 Å². The van der Waals surface area contributed by atoms with Crippen molar-refractivity contribution in [2.75, 3.05) is 26.2 Å². The lowest BCUT2D eigenvalue weighted by atomic mass is 9.75. The molecule has 5 aliphatic rings. The molecule has 0 radical (unpaired) electrons. The van der Waals surface area contributed by atoms with E-state index in [9.17, 15) is 18.3 Å². The van der Waals surface area contributed by atoms with Gasteiger partial charge in [-0.15, -0.1) is 0 Å². The van der Waals surface area contributed by atoms with Crippen molar-refractivity contribution in [3.8, 4) is 28.2 Å². The van der Waals surface area contributed by atoms with Crippen LogP contribution in [0, 0.1) is 11.8 Å². The number of carbonyl (C=O) groups excluding carboxylic acids is 1. The number of aryl methyl sites for hydroxylation is 1. The van der Waals surface area contributed by atoms with Crippen LogP contribution in [0.15, 0.2) is 143 Å². The number of phenolic OH excluding ortho intramolecular Hbond substituents is 1. The molecule has 1 saturated heterocycles. The molecule has 62 heavy (non-hydrogen) atoms. The number of nitrogens with zero attached hydrogens (tertiary/aromatic N) is 2. The zero-order valence-corrected chi connectivity index (χ0v) is 35.9. The van der Waals surface area contributed by atoms with Crippen LogP contribution in [0.5, 0.6) is 5.75 Å². The number of benzene rings is 6. The fraction of sp³-hybridized carbons (Fsp3) is 0.283. The summed E-state index contributed by atoms with van der Waals surface area (Å²) in [5, 5.41) is 14.5. The number of hydrogen-bond acceptors (Lipinski definition) is 5. The van der Waals surface area contributed by atoms with Crippen LogP contribution in [-0.4, -0.2) is 49.9 Å². The first kappa shape index (κ1) is 40.1. The quantitative estimate of drug-likeness (QED) is 0.112. The summed E-state index contributed by atoms with van der Waals surface area (Å²) < 4.78 is 40.4. The summed E-state index contributed by atoms with van der Waals surface area (Å²) in [7, 11) is -3.96. The number of nitrogens with one attached hydrogen (secondary N) is 1. The van der Waals surface area contributed by atoms with Gasteiger partial charge in [-0.05, 0) is 103 Å². The Kier molecular flexibility index (Phi) is 10.8. The van der Waals surface area contributed by atoms with Crippen LogP contribution in [0.25, 0.3) is 33.4 Å². The third-order valence-corrected chi connectivity index (χ3v) is 15.8. The zero-order valence-electron chi connectivity index (χ0n) is 35.1. The third kappa shape index (κ3) is 7.62. The molecule has 0 saturated carbocycles. The number of sulfonamides is 1. The number of aromatic hydroxyl groups is 1. The van der Waals surface area contributed by atoms with Gasteiger partial charge in [-0.2, -0.15) is 8.88 Å². The van der Waals surface area contributed by atoms with Crippen LogP contribution < -0.4 is 15.2 Å². The Balaban J connectivity index is 0.994. The van der Waals surface area contributed by atoms with Gasteiger partial charge >= 0.3 is 0 Å². The molecule has 0 bridgehead atoms. The minimum Gasteiger partial charge on any atom is -0.508 e. The van der Waals surface area contributed by atoms with E-state index in [2.05, 4.69) is 102 Å². The normalized spacial score (nSPS) is 18.4. The van der Waals surface area contributed by atoms with E-state index >= 15 is 0 Å². The van der Waals surface area contributed by atoms with Gasteiger partial charge in [0.15, 0.2) is 6.54 Å². The molecule has 5 aromatic rings. The number of rotatable bonds is 9. The highest BCUT2D eigenvalue weighted by molar-refractivity contribution is 7.89. The van der Waals surface area contributed by atoms with E-state index in [4.69, 9.17) is 4.42 Å². The Morgan fingerprint density at radius 1 is 0.806 bits per heavy atom. The summed E-state index contributed by atoms with van der Waals surface area (Å²) in [6, 6.07) is 44.6.